The molecular weight excluding hydrogens is 406 g/mol. The molecule has 0 aliphatic rings. The number of nitrogens with zero attached hydrogens (tertiary/aromatic N) is 8. The van der Waals surface area contributed by atoms with Crippen LogP contribution in [-0.2, 0) is 37.1 Å². The average molecular weight is 455 g/mol. The van der Waals surface area contributed by atoms with Gasteiger partial charge in [0.15, 0.2) is 0 Å². The molecule has 0 aliphatic heterocycles. The van der Waals surface area contributed by atoms with Gasteiger partial charge in [-0.25, -0.2) is 0 Å². The van der Waals surface area contributed by atoms with Crippen LogP contribution in [0.15, 0.2) is 0 Å². The maximum Gasteiger partial charge on any atom is 4.00 e. The molecule has 0 rings (SSSR count). The van der Waals surface area contributed by atoms with Gasteiger partial charge in [0.2, 0.25) is 0 Å². The molecule has 0 N–H and O–H groups in total. The van der Waals surface area contributed by atoms with Crippen LogP contribution in [0.3, 0.4) is 0 Å². The molecule has 0 bridgehead atoms. The molecule has 0 amide bonds. The summed E-state index contributed by atoms with van der Waals surface area (Å²) < 4.78 is 0. The fourth-order valence-corrected chi connectivity index (χ4v) is 0. The predicted octanol–water partition coefficient (Wildman–Crippen LogP) is 4.95. The van der Waals surface area contributed by atoms with Gasteiger partial charge in [-0.2, -0.15) is 113 Å². The first-order chi connectivity index (χ1) is 11.3. The number of hydrogen-bond acceptors (Lipinski definition) is 0. The summed E-state index contributed by atoms with van der Waals surface area (Å²) in [5.41, 5.74) is 0. The molecule has 0 aliphatic carbocycles. The Bertz CT molecular complexity index is 56.2. The van der Waals surface area contributed by atoms with E-state index < -0.39 is 0 Å². The molecule has 0 fully saturated rings. The summed E-state index contributed by atoms with van der Waals surface area (Å²) in [6.45, 7) is 0. The molecule has 2 radical (unpaired) electrons. The Hall–Kier alpha value is 0.849. The minimum absolute atomic E-state index is 0. The zero-order valence-corrected chi connectivity index (χ0v) is 23.3. The second-order valence-corrected chi connectivity index (χ2v) is 3.58. The molecular formula is C16H48N8V2. The standard InChI is InChI=1S/8C2H6N.2V/c8*1-3-2;;/h8*1-2H3;;/q8*-1;2*+4. The van der Waals surface area contributed by atoms with Crippen LogP contribution in [0.2, 0.25) is 0 Å². The van der Waals surface area contributed by atoms with Gasteiger partial charge in [0.25, 0.3) is 0 Å². The molecule has 0 aromatic carbocycles. The van der Waals surface area contributed by atoms with Crippen LogP contribution in [-0.4, -0.2) is 113 Å². The van der Waals surface area contributed by atoms with Gasteiger partial charge in [-0.3, -0.25) is 0 Å². The first-order valence-corrected chi connectivity index (χ1v) is 7.16. The van der Waals surface area contributed by atoms with Crippen molar-refractivity contribution in [1.82, 2.24) is 0 Å². The molecule has 0 saturated carbocycles. The third-order valence-electron chi connectivity index (χ3n) is 0. The fourth-order valence-electron chi connectivity index (χ4n) is 0. The second kappa shape index (κ2) is 204. The van der Waals surface area contributed by atoms with Crippen LogP contribution in [0, 0.1) is 0 Å². The molecule has 26 heavy (non-hydrogen) atoms. The summed E-state index contributed by atoms with van der Waals surface area (Å²) in [6.07, 6.45) is 0. The minimum atomic E-state index is 0. The molecule has 0 aromatic heterocycles. The molecule has 0 heterocycles. The molecule has 162 valence electrons. The minimum Gasteiger partial charge on any atom is -0.668 e. The van der Waals surface area contributed by atoms with Gasteiger partial charge >= 0.3 is 37.1 Å². The Morgan fingerprint density at radius 3 is 0.192 bits per heavy atom. The Kier molecular flexibility index (Phi) is 495. The Labute approximate surface area is 192 Å². The van der Waals surface area contributed by atoms with E-state index >= 15 is 0 Å². The Morgan fingerprint density at radius 1 is 0.192 bits per heavy atom. The first kappa shape index (κ1) is 63.2. The van der Waals surface area contributed by atoms with Crippen LogP contribution in [0.25, 0.3) is 42.5 Å². The van der Waals surface area contributed by atoms with E-state index in [9.17, 15) is 0 Å². The quantitative estimate of drug-likeness (QED) is 0.493. The summed E-state index contributed by atoms with van der Waals surface area (Å²) in [6, 6.07) is 0. The molecule has 8 nitrogen and oxygen atoms in total. The van der Waals surface area contributed by atoms with Crippen molar-refractivity contribution in [2.24, 2.45) is 0 Å². The third kappa shape index (κ3) is 19600. The number of hydrogen-bond donors (Lipinski definition) is 0. The van der Waals surface area contributed by atoms with Crippen molar-refractivity contribution in [1.29, 1.82) is 0 Å². The third-order valence-corrected chi connectivity index (χ3v) is 0. The first-order valence-electron chi connectivity index (χ1n) is 7.16. The summed E-state index contributed by atoms with van der Waals surface area (Å²) in [4.78, 5) is 0. The van der Waals surface area contributed by atoms with Crippen LogP contribution in [0.4, 0.5) is 0 Å². The summed E-state index contributed by atoms with van der Waals surface area (Å²) >= 11 is 0. The van der Waals surface area contributed by atoms with E-state index in [0.29, 0.717) is 0 Å². The molecule has 0 saturated heterocycles. The Morgan fingerprint density at radius 2 is 0.192 bits per heavy atom. The monoisotopic (exact) mass is 454 g/mol. The van der Waals surface area contributed by atoms with Gasteiger partial charge in [0.1, 0.15) is 0 Å². The zero-order valence-electron chi connectivity index (χ0n) is 20.5. The van der Waals surface area contributed by atoms with Crippen molar-refractivity contribution >= 4 is 0 Å². The molecule has 0 spiro atoms. The van der Waals surface area contributed by atoms with Crippen LogP contribution in [0.5, 0.6) is 0 Å². The SMILES string of the molecule is C[N-]C.C[N-]C.C[N-]C.C[N-]C.C[N-]C.C[N-]C.C[N-]C.C[N-]C.[V+4].[V+4]. The smallest absolute Gasteiger partial charge is 0.668 e. The Balaban J connectivity index is -0.0000000139. The summed E-state index contributed by atoms with van der Waals surface area (Å²) in [5, 5.41) is 28.0. The van der Waals surface area contributed by atoms with Crippen molar-refractivity contribution in [3.05, 3.63) is 42.5 Å². The van der Waals surface area contributed by atoms with Crippen molar-refractivity contribution in [3.8, 4) is 0 Å². The van der Waals surface area contributed by atoms with E-state index in [4.69, 9.17) is 0 Å². The van der Waals surface area contributed by atoms with Crippen LogP contribution < -0.4 is 0 Å². The average Bonchev–Trinajstić information content (AvgIpc) is 2.45. The van der Waals surface area contributed by atoms with E-state index in [2.05, 4.69) is 42.5 Å². The van der Waals surface area contributed by atoms with Crippen molar-refractivity contribution in [2.45, 2.75) is 0 Å². The van der Waals surface area contributed by atoms with Crippen LogP contribution >= 0.6 is 0 Å². The van der Waals surface area contributed by atoms with Gasteiger partial charge in [0.05, 0.1) is 0 Å². The maximum absolute atomic E-state index is 3.50. The van der Waals surface area contributed by atoms with E-state index in [1.807, 2.05) is 0 Å². The summed E-state index contributed by atoms with van der Waals surface area (Å²) in [7, 11) is 28.0. The van der Waals surface area contributed by atoms with Gasteiger partial charge in [-0.1, -0.05) is 0 Å². The van der Waals surface area contributed by atoms with Crippen molar-refractivity contribution in [2.75, 3.05) is 113 Å². The molecule has 0 aromatic rings. The zero-order chi connectivity index (χ0) is 21.7. The van der Waals surface area contributed by atoms with E-state index in [-0.39, 0.29) is 37.1 Å². The fraction of sp³-hybridized carbons (Fsp3) is 1.00. The number of rotatable bonds is 0. The maximum atomic E-state index is 3.50. The van der Waals surface area contributed by atoms with E-state index in [1.165, 1.54) is 0 Å². The largest absolute Gasteiger partial charge is 4.00 e. The van der Waals surface area contributed by atoms with Crippen LogP contribution in [0.1, 0.15) is 0 Å². The van der Waals surface area contributed by atoms with Gasteiger partial charge in [-0.15, -0.1) is 0 Å². The normalized spacial score (nSPS) is 5.54. The second-order valence-electron chi connectivity index (χ2n) is 3.58. The van der Waals surface area contributed by atoms with Gasteiger partial charge in [-0.05, 0) is 0 Å². The molecule has 10 heteroatoms. The summed E-state index contributed by atoms with van der Waals surface area (Å²) in [5.74, 6) is 0. The molecule has 0 atom stereocenters. The van der Waals surface area contributed by atoms with Crippen molar-refractivity contribution < 1.29 is 37.1 Å². The van der Waals surface area contributed by atoms with Crippen molar-refractivity contribution in [3.63, 3.8) is 0 Å². The predicted molar refractivity (Wildman–Crippen MR) is 122 cm³/mol. The topological polar surface area (TPSA) is 113 Å². The van der Waals surface area contributed by atoms with Gasteiger partial charge < -0.3 is 42.5 Å². The van der Waals surface area contributed by atoms with Gasteiger partial charge in [0, 0.05) is 0 Å². The van der Waals surface area contributed by atoms with E-state index in [0.717, 1.165) is 0 Å². The molecule has 0 unspecified atom stereocenters. The van der Waals surface area contributed by atoms with E-state index in [1.54, 1.807) is 113 Å².